The minimum Gasteiger partial charge on any atom is -0.481 e. The third-order valence-corrected chi connectivity index (χ3v) is 4.26. The zero-order chi connectivity index (χ0) is 17.2. The first kappa shape index (κ1) is 21.8. The van der Waals surface area contributed by atoms with Gasteiger partial charge in [-0.3, -0.25) is 4.79 Å². The number of aliphatic carboxylic acids is 1. The minimum atomic E-state index is -0.671. The van der Waals surface area contributed by atoms with Crippen molar-refractivity contribution in [1.29, 1.82) is 0 Å². The molecular weight excluding hydrogens is 290 g/mol. The SMILES string of the molecule is CC(CCCCCCCCCCCCCCCC(=O)O)N=[N+]=[N-]. The monoisotopic (exact) mass is 325 g/mol. The Balaban J connectivity index is 3.08. The molecule has 0 aromatic rings. The fraction of sp³-hybridized carbons (Fsp3) is 0.944. The Morgan fingerprint density at radius 1 is 0.870 bits per heavy atom. The van der Waals surface area contributed by atoms with Gasteiger partial charge in [-0.05, 0) is 18.4 Å². The highest BCUT2D eigenvalue weighted by Crippen LogP contribution is 2.14. The van der Waals surface area contributed by atoms with Crippen molar-refractivity contribution in [2.75, 3.05) is 0 Å². The van der Waals surface area contributed by atoms with Crippen molar-refractivity contribution in [3.63, 3.8) is 0 Å². The maximum atomic E-state index is 10.4. The van der Waals surface area contributed by atoms with E-state index in [0.717, 1.165) is 19.3 Å². The van der Waals surface area contributed by atoms with Gasteiger partial charge in [-0.25, -0.2) is 0 Å². The molecule has 0 saturated carbocycles. The number of carboxylic acids is 1. The molecule has 0 heterocycles. The molecule has 0 aromatic carbocycles. The number of carbonyl (C=O) groups is 1. The molecule has 1 unspecified atom stereocenters. The average Bonchev–Trinajstić information content (AvgIpc) is 2.51. The molecule has 0 radical (unpaired) electrons. The highest BCUT2D eigenvalue weighted by atomic mass is 16.4. The molecule has 0 aliphatic rings. The van der Waals surface area contributed by atoms with Gasteiger partial charge < -0.3 is 5.11 Å². The van der Waals surface area contributed by atoms with Crippen LogP contribution in [0.15, 0.2) is 5.11 Å². The molecule has 0 bridgehead atoms. The van der Waals surface area contributed by atoms with Crippen LogP contribution in [-0.4, -0.2) is 17.1 Å². The van der Waals surface area contributed by atoms with Crippen molar-refractivity contribution < 1.29 is 9.90 Å². The average molecular weight is 325 g/mol. The smallest absolute Gasteiger partial charge is 0.303 e. The second kappa shape index (κ2) is 17.1. The number of hydrogen-bond donors (Lipinski definition) is 1. The third-order valence-electron chi connectivity index (χ3n) is 4.26. The zero-order valence-electron chi connectivity index (χ0n) is 14.9. The van der Waals surface area contributed by atoms with E-state index in [2.05, 4.69) is 10.0 Å². The van der Waals surface area contributed by atoms with Crippen LogP contribution in [0.2, 0.25) is 0 Å². The molecule has 1 atom stereocenters. The van der Waals surface area contributed by atoms with E-state index in [1.807, 2.05) is 6.92 Å². The standard InChI is InChI=1S/C18H35N3O2/c1-17(20-21-19)15-13-11-9-7-5-3-2-4-6-8-10-12-14-16-18(22)23/h17H,2-16H2,1H3,(H,22,23). The summed E-state index contributed by atoms with van der Waals surface area (Å²) >= 11 is 0. The fourth-order valence-corrected chi connectivity index (χ4v) is 2.81. The van der Waals surface area contributed by atoms with Gasteiger partial charge in [0.2, 0.25) is 0 Å². The maximum Gasteiger partial charge on any atom is 0.303 e. The van der Waals surface area contributed by atoms with Crippen LogP contribution in [-0.2, 0) is 4.79 Å². The number of azide groups is 1. The molecule has 0 aliphatic heterocycles. The van der Waals surface area contributed by atoms with Crippen molar-refractivity contribution >= 4 is 5.97 Å². The molecule has 0 spiro atoms. The number of rotatable bonds is 17. The molecule has 5 nitrogen and oxygen atoms in total. The van der Waals surface area contributed by atoms with Gasteiger partial charge in [0, 0.05) is 17.4 Å². The predicted molar refractivity (Wildman–Crippen MR) is 95.5 cm³/mol. The summed E-state index contributed by atoms with van der Waals surface area (Å²) in [6.07, 6.45) is 17.3. The van der Waals surface area contributed by atoms with Crippen LogP contribution in [0.1, 0.15) is 103 Å². The highest BCUT2D eigenvalue weighted by Gasteiger charge is 1.99. The van der Waals surface area contributed by atoms with E-state index < -0.39 is 5.97 Å². The number of unbranched alkanes of at least 4 members (excludes halogenated alkanes) is 12. The molecule has 1 N–H and O–H groups in total. The Kier molecular flexibility index (Phi) is 16.2. The Morgan fingerprint density at radius 3 is 1.65 bits per heavy atom. The van der Waals surface area contributed by atoms with Gasteiger partial charge in [-0.15, -0.1) is 0 Å². The second-order valence-corrected chi connectivity index (χ2v) is 6.58. The number of carboxylic acid groups (broad SMARTS) is 1. The van der Waals surface area contributed by atoms with E-state index in [-0.39, 0.29) is 6.04 Å². The molecule has 0 amide bonds. The molecule has 0 aromatic heterocycles. The highest BCUT2D eigenvalue weighted by molar-refractivity contribution is 5.66. The van der Waals surface area contributed by atoms with E-state index in [1.54, 1.807) is 0 Å². The first-order chi connectivity index (χ1) is 11.2. The van der Waals surface area contributed by atoms with Gasteiger partial charge in [0.15, 0.2) is 0 Å². The normalized spacial score (nSPS) is 11.9. The molecule has 134 valence electrons. The molecule has 5 heteroatoms. The van der Waals surface area contributed by atoms with Gasteiger partial charge in [-0.2, -0.15) is 0 Å². The quantitative estimate of drug-likeness (QED) is 0.141. The van der Waals surface area contributed by atoms with Gasteiger partial charge in [0.05, 0.1) is 0 Å². The van der Waals surface area contributed by atoms with Gasteiger partial charge >= 0.3 is 5.97 Å². The van der Waals surface area contributed by atoms with E-state index in [9.17, 15) is 4.79 Å². The number of nitrogens with zero attached hydrogens (tertiary/aromatic N) is 3. The van der Waals surface area contributed by atoms with Gasteiger partial charge in [0.1, 0.15) is 0 Å². The van der Waals surface area contributed by atoms with Crippen molar-refractivity contribution in [3.05, 3.63) is 10.4 Å². The van der Waals surface area contributed by atoms with E-state index in [0.29, 0.717) is 6.42 Å². The summed E-state index contributed by atoms with van der Waals surface area (Å²) in [5.41, 5.74) is 8.31. The van der Waals surface area contributed by atoms with Crippen LogP contribution in [0.4, 0.5) is 0 Å². The summed E-state index contributed by atoms with van der Waals surface area (Å²) in [6.45, 7) is 1.98. The Morgan fingerprint density at radius 2 is 1.26 bits per heavy atom. The van der Waals surface area contributed by atoms with E-state index in [4.69, 9.17) is 10.6 Å². The van der Waals surface area contributed by atoms with E-state index in [1.165, 1.54) is 70.6 Å². The maximum absolute atomic E-state index is 10.4. The van der Waals surface area contributed by atoms with Crippen molar-refractivity contribution in [1.82, 2.24) is 0 Å². The van der Waals surface area contributed by atoms with Crippen molar-refractivity contribution in [2.45, 2.75) is 109 Å². The molecule has 0 saturated heterocycles. The summed E-state index contributed by atoms with van der Waals surface area (Å²) in [7, 11) is 0. The molecule has 23 heavy (non-hydrogen) atoms. The second-order valence-electron chi connectivity index (χ2n) is 6.58. The Hall–Kier alpha value is -1.22. The first-order valence-electron chi connectivity index (χ1n) is 9.43. The van der Waals surface area contributed by atoms with E-state index >= 15 is 0 Å². The molecule has 0 aliphatic carbocycles. The summed E-state index contributed by atoms with van der Waals surface area (Å²) in [6, 6.07) is 0.143. The zero-order valence-corrected chi connectivity index (χ0v) is 14.9. The lowest BCUT2D eigenvalue weighted by Crippen LogP contribution is -1.95. The lowest BCUT2D eigenvalue weighted by atomic mass is 10.0. The molecule has 0 fully saturated rings. The first-order valence-corrected chi connectivity index (χ1v) is 9.43. The molecular formula is C18H35N3O2. The third kappa shape index (κ3) is 18.7. The largest absolute Gasteiger partial charge is 0.481 e. The van der Waals surface area contributed by atoms with Crippen LogP contribution >= 0.6 is 0 Å². The van der Waals surface area contributed by atoms with Gasteiger partial charge in [-0.1, -0.05) is 89.1 Å². The summed E-state index contributed by atoms with van der Waals surface area (Å²) in [5, 5.41) is 12.2. The predicted octanol–water partition coefficient (Wildman–Crippen LogP) is 6.62. The topological polar surface area (TPSA) is 86.1 Å². The van der Waals surface area contributed by atoms with Crippen LogP contribution in [0.3, 0.4) is 0 Å². The van der Waals surface area contributed by atoms with Gasteiger partial charge in [0.25, 0.3) is 0 Å². The summed E-state index contributed by atoms with van der Waals surface area (Å²) in [4.78, 5) is 13.2. The van der Waals surface area contributed by atoms with Crippen LogP contribution in [0, 0.1) is 0 Å². The van der Waals surface area contributed by atoms with Crippen LogP contribution in [0.25, 0.3) is 10.4 Å². The van der Waals surface area contributed by atoms with Crippen molar-refractivity contribution in [2.24, 2.45) is 5.11 Å². The Bertz CT molecular complexity index is 328. The summed E-state index contributed by atoms with van der Waals surface area (Å²) in [5.74, 6) is -0.671. The lowest BCUT2D eigenvalue weighted by molar-refractivity contribution is -0.137. The van der Waals surface area contributed by atoms with Crippen LogP contribution < -0.4 is 0 Å². The summed E-state index contributed by atoms with van der Waals surface area (Å²) < 4.78 is 0. The molecule has 0 rings (SSSR count). The Labute approximate surface area is 141 Å². The van der Waals surface area contributed by atoms with Crippen molar-refractivity contribution in [3.8, 4) is 0 Å². The fourth-order valence-electron chi connectivity index (χ4n) is 2.81. The minimum absolute atomic E-state index is 0.143. The van der Waals surface area contributed by atoms with Crippen LogP contribution in [0.5, 0.6) is 0 Å². The number of hydrogen-bond acceptors (Lipinski definition) is 2. The lowest BCUT2D eigenvalue weighted by Gasteiger charge is -2.04.